The third-order valence-electron chi connectivity index (χ3n) is 3.18. The second kappa shape index (κ2) is 6.34. The van der Waals surface area contributed by atoms with E-state index in [1.54, 1.807) is 12.1 Å². The van der Waals surface area contributed by atoms with Crippen molar-refractivity contribution in [2.75, 3.05) is 0 Å². The standard InChI is InChI=1S/C17H10BrFO4/c18-9-10-4-5-15-11(6-10)7-14(17(21)23-15)16(20)22-13-3-1-2-12(19)8-13/h1-8H,9H2. The minimum absolute atomic E-state index is 0.0173. The Balaban J connectivity index is 1.99. The normalized spacial score (nSPS) is 10.7. The lowest BCUT2D eigenvalue weighted by Gasteiger charge is -2.05. The fourth-order valence-electron chi connectivity index (χ4n) is 2.09. The number of fused-ring (bicyclic) bond motifs is 1. The molecule has 4 nitrogen and oxygen atoms in total. The summed E-state index contributed by atoms with van der Waals surface area (Å²) in [5.41, 5.74) is 0.303. The van der Waals surface area contributed by atoms with Crippen LogP contribution in [0.4, 0.5) is 4.39 Å². The molecule has 3 aromatic rings. The first kappa shape index (κ1) is 15.4. The van der Waals surface area contributed by atoms with Crippen molar-refractivity contribution in [1.82, 2.24) is 0 Å². The molecule has 3 rings (SSSR count). The second-order valence-electron chi connectivity index (χ2n) is 4.80. The molecular weight excluding hydrogens is 367 g/mol. The van der Waals surface area contributed by atoms with E-state index in [4.69, 9.17) is 9.15 Å². The molecule has 2 aromatic carbocycles. The van der Waals surface area contributed by atoms with Crippen LogP contribution < -0.4 is 10.4 Å². The number of halogens is 2. The number of alkyl halides is 1. The van der Waals surface area contributed by atoms with Crippen molar-refractivity contribution >= 4 is 32.9 Å². The zero-order chi connectivity index (χ0) is 16.4. The maximum Gasteiger partial charge on any atom is 0.351 e. The lowest BCUT2D eigenvalue weighted by atomic mass is 10.1. The first-order valence-electron chi connectivity index (χ1n) is 6.67. The Bertz CT molecular complexity index is 949. The van der Waals surface area contributed by atoms with Crippen LogP contribution in [0.5, 0.6) is 5.75 Å². The molecule has 1 heterocycles. The molecule has 0 saturated heterocycles. The largest absolute Gasteiger partial charge is 0.423 e. The molecule has 0 unspecified atom stereocenters. The van der Waals surface area contributed by atoms with Gasteiger partial charge in [-0.3, -0.25) is 0 Å². The van der Waals surface area contributed by atoms with E-state index in [-0.39, 0.29) is 11.3 Å². The Kier molecular flexibility index (Phi) is 4.25. The van der Waals surface area contributed by atoms with E-state index in [9.17, 15) is 14.0 Å². The van der Waals surface area contributed by atoms with Crippen LogP contribution >= 0.6 is 15.9 Å². The summed E-state index contributed by atoms with van der Waals surface area (Å²) < 4.78 is 23.3. The van der Waals surface area contributed by atoms with Crippen LogP contribution in [0.25, 0.3) is 11.0 Å². The van der Waals surface area contributed by atoms with Crippen molar-refractivity contribution in [3.05, 3.63) is 75.9 Å². The molecule has 0 radical (unpaired) electrons. The maximum absolute atomic E-state index is 13.1. The predicted molar refractivity (Wildman–Crippen MR) is 86.5 cm³/mol. The SMILES string of the molecule is O=C(Oc1cccc(F)c1)c1cc2cc(CBr)ccc2oc1=O. The zero-order valence-electron chi connectivity index (χ0n) is 11.7. The van der Waals surface area contributed by atoms with Gasteiger partial charge >= 0.3 is 11.6 Å². The van der Waals surface area contributed by atoms with Crippen LogP contribution in [0.3, 0.4) is 0 Å². The highest BCUT2D eigenvalue weighted by Crippen LogP contribution is 2.19. The van der Waals surface area contributed by atoms with Crippen molar-refractivity contribution < 1.29 is 18.3 Å². The molecule has 0 aliphatic heterocycles. The first-order valence-corrected chi connectivity index (χ1v) is 7.79. The fraction of sp³-hybridized carbons (Fsp3) is 0.0588. The number of rotatable bonds is 3. The lowest BCUT2D eigenvalue weighted by Crippen LogP contribution is -2.18. The second-order valence-corrected chi connectivity index (χ2v) is 5.36. The average Bonchev–Trinajstić information content (AvgIpc) is 2.53. The molecule has 23 heavy (non-hydrogen) atoms. The van der Waals surface area contributed by atoms with E-state index in [0.29, 0.717) is 16.3 Å². The van der Waals surface area contributed by atoms with Crippen LogP contribution in [-0.4, -0.2) is 5.97 Å². The fourth-order valence-corrected chi connectivity index (χ4v) is 2.44. The summed E-state index contributed by atoms with van der Waals surface area (Å²) in [6.45, 7) is 0. The molecule has 0 fully saturated rings. The summed E-state index contributed by atoms with van der Waals surface area (Å²) in [6, 6.07) is 11.8. The van der Waals surface area contributed by atoms with Crippen LogP contribution in [0.15, 0.2) is 57.7 Å². The average molecular weight is 377 g/mol. The highest BCUT2D eigenvalue weighted by molar-refractivity contribution is 9.08. The number of esters is 1. The molecular formula is C17H10BrFO4. The van der Waals surface area contributed by atoms with Crippen molar-refractivity contribution in [2.24, 2.45) is 0 Å². The molecule has 0 spiro atoms. The van der Waals surface area contributed by atoms with E-state index < -0.39 is 17.4 Å². The Morgan fingerprint density at radius 3 is 2.74 bits per heavy atom. The number of hydrogen-bond acceptors (Lipinski definition) is 4. The molecule has 0 amide bonds. The van der Waals surface area contributed by atoms with Gasteiger partial charge in [0.1, 0.15) is 22.7 Å². The van der Waals surface area contributed by atoms with Crippen molar-refractivity contribution in [2.45, 2.75) is 5.33 Å². The minimum Gasteiger partial charge on any atom is -0.423 e. The Hall–Kier alpha value is -2.47. The quantitative estimate of drug-likeness (QED) is 0.299. The van der Waals surface area contributed by atoms with E-state index in [1.165, 1.54) is 24.3 Å². The van der Waals surface area contributed by atoms with Gasteiger partial charge in [0.25, 0.3) is 0 Å². The van der Waals surface area contributed by atoms with Crippen LogP contribution in [0.1, 0.15) is 15.9 Å². The van der Waals surface area contributed by atoms with Crippen molar-refractivity contribution in [3.8, 4) is 5.75 Å². The number of benzene rings is 2. The number of carbonyl (C=O) groups is 1. The summed E-state index contributed by atoms with van der Waals surface area (Å²) in [5, 5.41) is 1.23. The maximum atomic E-state index is 13.1. The van der Waals surface area contributed by atoms with Gasteiger partial charge in [0.05, 0.1) is 0 Å². The molecule has 1 aromatic heterocycles. The van der Waals surface area contributed by atoms with Crippen molar-refractivity contribution in [3.63, 3.8) is 0 Å². The third kappa shape index (κ3) is 3.32. The molecule has 0 atom stereocenters. The van der Waals surface area contributed by atoms with Crippen LogP contribution in [0.2, 0.25) is 0 Å². The molecule has 0 aliphatic rings. The van der Waals surface area contributed by atoms with Crippen LogP contribution in [-0.2, 0) is 5.33 Å². The smallest absolute Gasteiger partial charge is 0.351 e. The summed E-state index contributed by atoms with van der Waals surface area (Å²) >= 11 is 3.34. The van der Waals surface area contributed by atoms with Gasteiger partial charge in [0.2, 0.25) is 0 Å². The molecule has 0 bridgehead atoms. The number of carbonyl (C=O) groups excluding carboxylic acids is 1. The number of ether oxygens (including phenoxy) is 1. The highest BCUT2D eigenvalue weighted by atomic mass is 79.9. The summed E-state index contributed by atoms with van der Waals surface area (Å²) in [4.78, 5) is 24.1. The highest BCUT2D eigenvalue weighted by Gasteiger charge is 2.16. The van der Waals surface area contributed by atoms with Gasteiger partial charge in [-0.25, -0.2) is 14.0 Å². The van der Waals surface area contributed by atoms with E-state index in [2.05, 4.69) is 15.9 Å². The van der Waals surface area contributed by atoms with E-state index in [0.717, 1.165) is 11.6 Å². The molecule has 0 N–H and O–H groups in total. The van der Waals surface area contributed by atoms with Gasteiger partial charge in [-0.05, 0) is 35.9 Å². The van der Waals surface area contributed by atoms with Crippen LogP contribution in [0, 0.1) is 5.82 Å². The molecule has 116 valence electrons. The number of hydrogen-bond donors (Lipinski definition) is 0. The van der Waals surface area contributed by atoms with Gasteiger partial charge < -0.3 is 9.15 Å². The summed E-state index contributed by atoms with van der Waals surface area (Å²) in [5.74, 6) is -1.41. The Labute approximate surface area is 138 Å². The Morgan fingerprint density at radius 2 is 2.00 bits per heavy atom. The summed E-state index contributed by atoms with van der Waals surface area (Å²) in [6.07, 6.45) is 0. The molecule has 6 heteroatoms. The lowest BCUT2D eigenvalue weighted by molar-refractivity contribution is 0.0730. The topological polar surface area (TPSA) is 56.5 Å². The van der Waals surface area contributed by atoms with Gasteiger partial charge in [-0.2, -0.15) is 0 Å². The molecule has 0 saturated carbocycles. The van der Waals surface area contributed by atoms with E-state index >= 15 is 0 Å². The Morgan fingerprint density at radius 1 is 1.17 bits per heavy atom. The van der Waals surface area contributed by atoms with Gasteiger partial charge in [0.15, 0.2) is 0 Å². The predicted octanol–water partition coefficient (Wildman–Crippen LogP) is 4.05. The van der Waals surface area contributed by atoms with E-state index in [1.807, 2.05) is 6.07 Å². The van der Waals surface area contributed by atoms with Gasteiger partial charge in [-0.15, -0.1) is 0 Å². The minimum atomic E-state index is -0.893. The third-order valence-corrected chi connectivity index (χ3v) is 3.82. The van der Waals surface area contributed by atoms with Gasteiger partial charge in [-0.1, -0.05) is 28.1 Å². The summed E-state index contributed by atoms with van der Waals surface area (Å²) in [7, 11) is 0. The zero-order valence-corrected chi connectivity index (χ0v) is 13.3. The monoisotopic (exact) mass is 376 g/mol. The van der Waals surface area contributed by atoms with Crippen molar-refractivity contribution in [1.29, 1.82) is 0 Å². The first-order chi connectivity index (χ1) is 11.1. The van der Waals surface area contributed by atoms with Gasteiger partial charge in [0, 0.05) is 16.8 Å². The molecule has 0 aliphatic carbocycles.